The van der Waals surface area contributed by atoms with Crippen molar-refractivity contribution in [2.24, 2.45) is 5.41 Å². The van der Waals surface area contributed by atoms with Crippen LogP contribution in [0.2, 0.25) is 0 Å². The van der Waals surface area contributed by atoms with Gasteiger partial charge in [0.15, 0.2) is 0 Å². The molecule has 2 nitrogen and oxygen atoms in total. The molecule has 0 N–H and O–H groups in total. The molecule has 0 unspecified atom stereocenters. The normalized spacial score (nSPS) is 22.4. The molecule has 78 valence electrons. The molecule has 0 aliphatic carbocycles. The SMILES string of the molecule is CN1CCC(C)(Cn2cccc2)CC1. The van der Waals surface area contributed by atoms with Gasteiger partial charge in [-0.25, -0.2) is 0 Å². The monoisotopic (exact) mass is 192 g/mol. The van der Waals surface area contributed by atoms with Crippen molar-refractivity contribution in [3.63, 3.8) is 0 Å². The lowest BCUT2D eigenvalue weighted by Crippen LogP contribution is -2.38. The first-order chi connectivity index (χ1) is 6.68. The quantitative estimate of drug-likeness (QED) is 0.697. The van der Waals surface area contributed by atoms with Crippen LogP contribution in [0.4, 0.5) is 0 Å². The summed E-state index contributed by atoms with van der Waals surface area (Å²) in [6.07, 6.45) is 6.98. The first kappa shape index (κ1) is 9.78. The van der Waals surface area contributed by atoms with Crippen molar-refractivity contribution in [3.8, 4) is 0 Å². The topological polar surface area (TPSA) is 8.17 Å². The largest absolute Gasteiger partial charge is 0.354 e. The van der Waals surface area contributed by atoms with E-state index in [0.29, 0.717) is 5.41 Å². The highest BCUT2D eigenvalue weighted by Crippen LogP contribution is 2.31. The smallest absolute Gasteiger partial charge is 0.0274 e. The van der Waals surface area contributed by atoms with Crippen LogP contribution in [-0.4, -0.2) is 29.6 Å². The molecular formula is C12H20N2. The molecule has 0 saturated carbocycles. The molecule has 1 aromatic rings. The van der Waals surface area contributed by atoms with Crippen LogP contribution in [0.3, 0.4) is 0 Å². The number of piperidine rings is 1. The third-order valence-electron chi connectivity index (χ3n) is 3.42. The summed E-state index contributed by atoms with van der Waals surface area (Å²) in [5.41, 5.74) is 0.505. The predicted octanol–water partition coefficient (Wildman–Crippen LogP) is 2.22. The van der Waals surface area contributed by atoms with Crippen LogP contribution in [0, 0.1) is 5.41 Å². The van der Waals surface area contributed by atoms with Gasteiger partial charge in [0, 0.05) is 18.9 Å². The summed E-state index contributed by atoms with van der Waals surface area (Å²) in [7, 11) is 2.22. The molecule has 0 spiro atoms. The van der Waals surface area contributed by atoms with E-state index in [1.54, 1.807) is 0 Å². The zero-order chi connectivity index (χ0) is 10.0. The summed E-state index contributed by atoms with van der Waals surface area (Å²) in [6.45, 7) is 6.09. The van der Waals surface area contributed by atoms with Crippen LogP contribution in [0.25, 0.3) is 0 Å². The summed E-state index contributed by atoms with van der Waals surface area (Å²) in [4.78, 5) is 2.43. The Labute approximate surface area is 86.5 Å². The van der Waals surface area contributed by atoms with Crippen LogP contribution in [0.5, 0.6) is 0 Å². The highest BCUT2D eigenvalue weighted by Gasteiger charge is 2.28. The van der Waals surface area contributed by atoms with Gasteiger partial charge in [0.1, 0.15) is 0 Å². The number of hydrogen-bond donors (Lipinski definition) is 0. The van der Waals surface area contributed by atoms with Gasteiger partial charge in [-0.2, -0.15) is 0 Å². The highest BCUT2D eigenvalue weighted by molar-refractivity contribution is 4.93. The lowest BCUT2D eigenvalue weighted by molar-refractivity contribution is 0.121. The van der Waals surface area contributed by atoms with Crippen LogP contribution in [0.1, 0.15) is 19.8 Å². The molecule has 2 heteroatoms. The zero-order valence-electron chi connectivity index (χ0n) is 9.24. The first-order valence-electron chi connectivity index (χ1n) is 5.47. The third-order valence-corrected chi connectivity index (χ3v) is 3.42. The summed E-state index contributed by atoms with van der Waals surface area (Å²) < 4.78 is 2.31. The van der Waals surface area contributed by atoms with E-state index < -0.39 is 0 Å². The van der Waals surface area contributed by atoms with Gasteiger partial charge in [-0.1, -0.05) is 6.92 Å². The number of hydrogen-bond acceptors (Lipinski definition) is 1. The van der Waals surface area contributed by atoms with Gasteiger partial charge in [-0.15, -0.1) is 0 Å². The Kier molecular flexibility index (Phi) is 2.64. The Morgan fingerprint density at radius 1 is 1.14 bits per heavy atom. The van der Waals surface area contributed by atoms with Crippen molar-refractivity contribution >= 4 is 0 Å². The van der Waals surface area contributed by atoms with Crippen molar-refractivity contribution in [2.45, 2.75) is 26.3 Å². The molecule has 2 heterocycles. The fourth-order valence-corrected chi connectivity index (χ4v) is 2.23. The molecular weight excluding hydrogens is 172 g/mol. The van der Waals surface area contributed by atoms with E-state index in [9.17, 15) is 0 Å². The second-order valence-corrected chi connectivity index (χ2v) is 4.97. The minimum absolute atomic E-state index is 0.505. The molecule has 14 heavy (non-hydrogen) atoms. The Hall–Kier alpha value is -0.760. The maximum absolute atomic E-state index is 2.43. The second-order valence-electron chi connectivity index (χ2n) is 4.97. The summed E-state index contributed by atoms with van der Waals surface area (Å²) >= 11 is 0. The van der Waals surface area contributed by atoms with Crippen molar-refractivity contribution in [1.82, 2.24) is 9.47 Å². The van der Waals surface area contributed by atoms with E-state index in [4.69, 9.17) is 0 Å². The number of nitrogens with zero attached hydrogens (tertiary/aromatic N) is 2. The maximum Gasteiger partial charge on any atom is 0.0274 e. The Morgan fingerprint density at radius 2 is 1.71 bits per heavy atom. The van der Waals surface area contributed by atoms with E-state index in [0.717, 1.165) is 0 Å². The number of likely N-dealkylation sites (tertiary alicyclic amines) is 1. The molecule has 1 aromatic heterocycles. The van der Waals surface area contributed by atoms with Crippen LogP contribution < -0.4 is 0 Å². The Morgan fingerprint density at radius 3 is 2.29 bits per heavy atom. The van der Waals surface area contributed by atoms with Crippen LogP contribution >= 0.6 is 0 Å². The van der Waals surface area contributed by atoms with E-state index in [2.05, 4.69) is 48.0 Å². The second kappa shape index (κ2) is 3.77. The van der Waals surface area contributed by atoms with Gasteiger partial charge in [0.2, 0.25) is 0 Å². The molecule has 2 rings (SSSR count). The van der Waals surface area contributed by atoms with Crippen molar-refractivity contribution in [1.29, 1.82) is 0 Å². The van der Waals surface area contributed by atoms with E-state index >= 15 is 0 Å². The molecule has 1 fully saturated rings. The molecule has 0 radical (unpaired) electrons. The molecule has 1 aliphatic rings. The first-order valence-corrected chi connectivity index (χ1v) is 5.47. The molecule has 0 amide bonds. The lowest BCUT2D eigenvalue weighted by Gasteiger charge is -2.38. The van der Waals surface area contributed by atoms with Crippen LogP contribution in [-0.2, 0) is 6.54 Å². The van der Waals surface area contributed by atoms with Crippen LogP contribution in [0.15, 0.2) is 24.5 Å². The minimum atomic E-state index is 0.505. The van der Waals surface area contributed by atoms with Gasteiger partial charge < -0.3 is 9.47 Å². The minimum Gasteiger partial charge on any atom is -0.354 e. The van der Waals surface area contributed by atoms with E-state index in [1.165, 1.54) is 32.5 Å². The summed E-state index contributed by atoms with van der Waals surface area (Å²) in [5, 5.41) is 0. The molecule has 0 aromatic carbocycles. The molecule has 1 aliphatic heterocycles. The zero-order valence-corrected chi connectivity index (χ0v) is 9.24. The highest BCUT2D eigenvalue weighted by atomic mass is 15.1. The predicted molar refractivity (Wildman–Crippen MR) is 59.3 cm³/mol. The average molecular weight is 192 g/mol. The standard InChI is InChI=1S/C12H20N2/c1-12(5-9-13(2)10-6-12)11-14-7-3-4-8-14/h3-4,7-8H,5-6,9-11H2,1-2H3. The van der Waals surface area contributed by atoms with Crippen molar-refractivity contribution in [2.75, 3.05) is 20.1 Å². The average Bonchev–Trinajstić information content (AvgIpc) is 2.63. The van der Waals surface area contributed by atoms with Gasteiger partial charge in [-0.3, -0.25) is 0 Å². The summed E-state index contributed by atoms with van der Waals surface area (Å²) in [5.74, 6) is 0. The molecule has 1 saturated heterocycles. The third kappa shape index (κ3) is 2.18. The van der Waals surface area contributed by atoms with E-state index in [-0.39, 0.29) is 0 Å². The van der Waals surface area contributed by atoms with Gasteiger partial charge in [0.05, 0.1) is 0 Å². The van der Waals surface area contributed by atoms with Gasteiger partial charge in [0.25, 0.3) is 0 Å². The molecule has 0 atom stereocenters. The Bertz CT molecular complexity index is 269. The summed E-state index contributed by atoms with van der Waals surface area (Å²) in [6, 6.07) is 4.22. The number of aromatic nitrogens is 1. The van der Waals surface area contributed by atoms with Crippen molar-refractivity contribution in [3.05, 3.63) is 24.5 Å². The maximum atomic E-state index is 2.43. The Balaban J connectivity index is 1.96. The lowest BCUT2D eigenvalue weighted by atomic mass is 9.80. The fraction of sp³-hybridized carbons (Fsp3) is 0.667. The van der Waals surface area contributed by atoms with Gasteiger partial charge in [-0.05, 0) is 50.5 Å². The van der Waals surface area contributed by atoms with Crippen molar-refractivity contribution < 1.29 is 0 Å². The molecule has 0 bridgehead atoms. The number of rotatable bonds is 2. The van der Waals surface area contributed by atoms with E-state index in [1.807, 2.05) is 0 Å². The van der Waals surface area contributed by atoms with Gasteiger partial charge >= 0.3 is 0 Å². The fourth-order valence-electron chi connectivity index (χ4n) is 2.23.